The Morgan fingerprint density at radius 3 is 2.67 bits per heavy atom. The fraction of sp³-hybridized carbons (Fsp3) is 0.222. The summed E-state index contributed by atoms with van der Waals surface area (Å²) < 4.78 is 31.1. The summed E-state index contributed by atoms with van der Waals surface area (Å²) in [5.74, 6) is 0.0291. The van der Waals surface area contributed by atoms with E-state index in [1.807, 2.05) is 11.5 Å². The molecule has 0 atom stereocenters. The van der Waals surface area contributed by atoms with Gasteiger partial charge in [-0.3, -0.25) is 4.79 Å². The van der Waals surface area contributed by atoms with Gasteiger partial charge in [-0.25, -0.2) is 13.6 Å². The van der Waals surface area contributed by atoms with Gasteiger partial charge in [0.15, 0.2) is 4.80 Å². The highest BCUT2D eigenvalue weighted by Gasteiger charge is 2.15. The zero-order chi connectivity index (χ0) is 19.6. The van der Waals surface area contributed by atoms with E-state index in [1.54, 1.807) is 30.3 Å². The van der Waals surface area contributed by atoms with Crippen LogP contribution >= 0.6 is 11.3 Å². The second-order valence-corrected chi connectivity index (χ2v) is 8.40. The van der Waals surface area contributed by atoms with Crippen LogP contribution in [0.2, 0.25) is 0 Å². The van der Waals surface area contributed by atoms with Crippen molar-refractivity contribution in [3.8, 4) is 5.75 Å². The number of carbonyl (C=O) groups is 1. The Balaban J connectivity index is 2.19. The molecule has 1 amide bonds. The van der Waals surface area contributed by atoms with Crippen molar-refractivity contribution in [3.05, 3.63) is 52.8 Å². The van der Waals surface area contributed by atoms with E-state index in [2.05, 4.69) is 4.99 Å². The van der Waals surface area contributed by atoms with Gasteiger partial charge in [-0.15, -0.1) is 0 Å². The molecule has 0 aliphatic heterocycles. The van der Waals surface area contributed by atoms with Crippen molar-refractivity contribution in [1.29, 1.82) is 0 Å². The predicted molar refractivity (Wildman–Crippen MR) is 104 cm³/mol. The van der Waals surface area contributed by atoms with Crippen LogP contribution < -0.4 is 14.7 Å². The minimum absolute atomic E-state index is 0.0301. The molecule has 1 heterocycles. The number of carbonyl (C=O) groups excluding carboxylic acids is 1. The lowest BCUT2D eigenvalue weighted by Crippen LogP contribution is -2.17. The van der Waals surface area contributed by atoms with Crippen LogP contribution in [0.1, 0.15) is 23.7 Å². The number of nitrogens with zero attached hydrogens (tertiary/aromatic N) is 2. The Kier molecular flexibility index (Phi) is 5.45. The van der Waals surface area contributed by atoms with Crippen molar-refractivity contribution in [2.45, 2.75) is 24.8 Å². The first-order valence-corrected chi connectivity index (χ1v) is 10.6. The van der Waals surface area contributed by atoms with Gasteiger partial charge in [0.1, 0.15) is 5.75 Å². The Morgan fingerprint density at radius 1 is 1.26 bits per heavy atom. The maximum absolute atomic E-state index is 12.7. The third kappa shape index (κ3) is 3.95. The quantitative estimate of drug-likeness (QED) is 0.704. The molecule has 1 aromatic heterocycles. The molecule has 3 aromatic rings. The number of hydrogen-bond donors (Lipinski definition) is 1. The van der Waals surface area contributed by atoms with Gasteiger partial charge < -0.3 is 9.30 Å². The first-order valence-electron chi connectivity index (χ1n) is 8.23. The van der Waals surface area contributed by atoms with Crippen molar-refractivity contribution in [3.63, 3.8) is 0 Å². The first-order chi connectivity index (χ1) is 12.8. The number of nitrogens with two attached hydrogens (primary N) is 1. The molecule has 0 unspecified atom stereocenters. The van der Waals surface area contributed by atoms with E-state index >= 15 is 0 Å². The number of hydrogen-bond acceptors (Lipinski definition) is 5. The Morgan fingerprint density at radius 2 is 2.00 bits per heavy atom. The number of sulfonamides is 1. The minimum Gasteiger partial charge on any atom is -0.496 e. The molecule has 0 saturated heterocycles. The Bertz CT molecular complexity index is 1180. The van der Waals surface area contributed by atoms with Gasteiger partial charge in [0.25, 0.3) is 5.91 Å². The van der Waals surface area contributed by atoms with Gasteiger partial charge in [0, 0.05) is 6.54 Å². The summed E-state index contributed by atoms with van der Waals surface area (Å²) in [4.78, 5) is 17.5. The van der Waals surface area contributed by atoms with Crippen LogP contribution in [0.5, 0.6) is 5.75 Å². The number of fused-ring (bicyclic) bond motifs is 1. The number of aryl methyl sites for hydroxylation is 1. The molecule has 27 heavy (non-hydrogen) atoms. The van der Waals surface area contributed by atoms with Crippen molar-refractivity contribution < 1.29 is 17.9 Å². The molecule has 0 aliphatic rings. The number of ether oxygens (including phenoxy) is 1. The van der Waals surface area contributed by atoms with E-state index < -0.39 is 15.9 Å². The molecular formula is C18H19N3O4S2. The smallest absolute Gasteiger partial charge is 0.283 e. The van der Waals surface area contributed by atoms with Crippen LogP contribution in [0.15, 0.2) is 52.4 Å². The molecule has 2 aromatic carbocycles. The van der Waals surface area contributed by atoms with E-state index in [0.717, 1.165) is 11.9 Å². The summed E-state index contributed by atoms with van der Waals surface area (Å²) >= 11 is 1.25. The fourth-order valence-electron chi connectivity index (χ4n) is 2.72. The van der Waals surface area contributed by atoms with Crippen LogP contribution in [0.3, 0.4) is 0 Å². The molecule has 3 rings (SSSR count). The summed E-state index contributed by atoms with van der Waals surface area (Å²) in [6, 6.07) is 11.5. The Hall–Kier alpha value is -2.49. The van der Waals surface area contributed by atoms with Crippen molar-refractivity contribution in [2.24, 2.45) is 10.1 Å². The number of para-hydroxylation sites is 1. The maximum atomic E-state index is 12.7. The lowest BCUT2D eigenvalue weighted by atomic mass is 10.2. The molecule has 9 heteroatoms. The van der Waals surface area contributed by atoms with Gasteiger partial charge in [-0.1, -0.05) is 30.4 Å². The van der Waals surface area contributed by atoms with E-state index in [4.69, 9.17) is 9.88 Å². The fourth-order valence-corrected chi connectivity index (χ4v) is 4.43. The highest BCUT2D eigenvalue weighted by Crippen LogP contribution is 2.22. The standard InChI is InChI=1S/C18H19N3O4S2/c1-3-10-21-14-9-8-12(27(19,23)24)11-16(14)26-18(21)20-17(22)13-6-4-5-7-15(13)25-2/h4-9,11H,3,10H2,1-2H3,(H2,19,23,24). The maximum Gasteiger partial charge on any atom is 0.283 e. The monoisotopic (exact) mass is 405 g/mol. The van der Waals surface area contributed by atoms with Gasteiger partial charge >= 0.3 is 0 Å². The lowest BCUT2D eigenvalue weighted by Gasteiger charge is -2.05. The number of benzene rings is 2. The molecule has 0 fully saturated rings. The van der Waals surface area contributed by atoms with Crippen molar-refractivity contribution in [1.82, 2.24) is 4.57 Å². The van der Waals surface area contributed by atoms with Gasteiger partial charge in [0.2, 0.25) is 10.0 Å². The first kappa shape index (κ1) is 19.3. The van der Waals surface area contributed by atoms with Crippen LogP contribution in [0, 0.1) is 0 Å². The van der Waals surface area contributed by atoms with E-state index in [1.165, 1.54) is 30.6 Å². The van der Waals surface area contributed by atoms with E-state index in [0.29, 0.717) is 27.4 Å². The van der Waals surface area contributed by atoms with E-state index in [-0.39, 0.29) is 4.90 Å². The van der Waals surface area contributed by atoms with Crippen LogP contribution in [-0.4, -0.2) is 26.0 Å². The molecule has 0 saturated carbocycles. The number of thiazole rings is 1. The van der Waals surface area contributed by atoms with Crippen LogP contribution in [0.4, 0.5) is 0 Å². The summed E-state index contributed by atoms with van der Waals surface area (Å²) in [5.41, 5.74) is 1.17. The number of rotatable bonds is 5. The normalized spacial score (nSPS) is 12.5. The number of aromatic nitrogens is 1. The minimum atomic E-state index is -3.80. The number of amides is 1. The lowest BCUT2D eigenvalue weighted by molar-refractivity contribution is 0.0995. The topological polar surface area (TPSA) is 104 Å². The molecule has 0 bridgehead atoms. The van der Waals surface area contributed by atoms with Crippen molar-refractivity contribution >= 4 is 37.5 Å². The van der Waals surface area contributed by atoms with Crippen molar-refractivity contribution in [2.75, 3.05) is 7.11 Å². The van der Waals surface area contributed by atoms with Gasteiger partial charge in [0.05, 0.1) is 27.8 Å². The summed E-state index contributed by atoms with van der Waals surface area (Å²) in [6.45, 7) is 2.66. The predicted octanol–water partition coefficient (Wildman–Crippen LogP) is 2.51. The molecule has 0 spiro atoms. The highest BCUT2D eigenvalue weighted by atomic mass is 32.2. The number of methoxy groups -OCH3 is 1. The number of primary sulfonamides is 1. The second kappa shape index (κ2) is 7.63. The summed E-state index contributed by atoms with van der Waals surface area (Å²) in [5, 5.41) is 5.22. The zero-order valence-corrected chi connectivity index (χ0v) is 16.5. The highest BCUT2D eigenvalue weighted by molar-refractivity contribution is 7.89. The summed E-state index contributed by atoms with van der Waals surface area (Å²) in [6.07, 6.45) is 0.832. The largest absolute Gasteiger partial charge is 0.496 e. The molecule has 142 valence electrons. The van der Waals surface area contributed by atoms with E-state index in [9.17, 15) is 13.2 Å². The second-order valence-electron chi connectivity index (χ2n) is 5.83. The SMILES string of the molecule is CCCn1c(=NC(=O)c2ccccc2OC)sc2cc(S(N)(=O)=O)ccc21. The third-order valence-electron chi connectivity index (χ3n) is 3.96. The third-order valence-corrected chi connectivity index (χ3v) is 5.92. The average Bonchev–Trinajstić information content (AvgIpc) is 2.97. The zero-order valence-electron chi connectivity index (χ0n) is 14.9. The Labute approximate surface area is 160 Å². The molecule has 2 N–H and O–H groups in total. The average molecular weight is 406 g/mol. The molecular weight excluding hydrogens is 386 g/mol. The molecule has 0 radical (unpaired) electrons. The summed E-state index contributed by atoms with van der Waals surface area (Å²) in [7, 11) is -2.30. The van der Waals surface area contributed by atoms with Gasteiger partial charge in [-0.2, -0.15) is 4.99 Å². The van der Waals surface area contributed by atoms with Gasteiger partial charge in [-0.05, 0) is 36.8 Å². The van der Waals surface area contributed by atoms with Crippen LogP contribution in [-0.2, 0) is 16.6 Å². The molecule has 0 aliphatic carbocycles. The molecule has 7 nitrogen and oxygen atoms in total. The van der Waals surface area contributed by atoms with Crippen LogP contribution in [0.25, 0.3) is 10.2 Å².